The molecule has 6 fully saturated rings. The average Bonchev–Trinajstić information content (AvgIpc) is 3.46. The van der Waals surface area contributed by atoms with Gasteiger partial charge in [-0.3, -0.25) is 4.79 Å². The molecule has 8 atom stereocenters. The second-order valence-corrected chi connectivity index (χ2v) is 15.1. The third-order valence-electron chi connectivity index (χ3n) is 10.8. The highest BCUT2D eigenvalue weighted by atomic mass is 16.7. The number of carbonyl (C=O) groups excluding carboxylic acids is 2. The number of piperidine rings is 1. The van der Waals surface area contributed by atoms with E-state index in [1.54, 1.807) is 11.0 Å². The van der Waals surface area contributed by atoms with Gasteiger partial charge in [-0.05, 0) is 72.7 Å². The van der Waals surface area contributed by atoms with Crippen LogP contribution in [-0.4, -0.2) is 60.9 Å². The van der Waals surface area contributed by atoms with Gasteiger partial charge in [0.1, 0.15) is 6.61 Å². The van der Waals surface area contributed by atoms with Crippen LogP contribution < -0.4 is 5.32 Å². The minimum Gasteiger partial charge on any atom is -0.447 e. The van der Waals surface area contributed by atoms with E-state index in [1.165, 1.54) is 0 Å². The van der Waals surface area contributed by atoms with Crippen LogP contribution >= 0.6 is 0 Å². The standard InChI is InChI=1S/C33H44BN3O5/c1-31(2,3)17-24(35-7)29(38)37-18-21-14-23(21)25(37)19-40-30(39)36-28(13-20-11-9-8-10-12-20)34-41-27-16-22-15-26(32(22,4)5)33(27,6)42-34/h8-12,17,21-23,25-28H,13-16,18-19H2,1-6H3,(H,36,39)/t21-,22+,23-,25+,26+,27-,28+,33+/m1/s1. The maximum Gasteiger partial charge on any atom is 0.482 e. The molecule has 6 aliphatic rings. The topological polar surface area (TPSA) is 81.5 Å². The summed E-state index contributed by atoms with van der Waals surface area (Å²) >= 11 is 0. The normalized spacial score (nSPS) is 34.9. The molecule has 0 unspecified atom stereocenters. The van der Waals surface area contributed by atoms with Crippen LogP contribution in [0.5, 0.6) is 0 Å². The Morgan fingerprint density at radius 1 is 1.21 bits per heavy atom. The quantitative estimate of drug-likeness (QED) is 0.273. The number of allylic oxidation sites excluding steroid dienone is 1. The minimum atomic E-state index is -0.580. The number of ether oxygens (including phenoxy) is 1. The van der Waals surface area contributed by atoms with E-state index in [4.69, 9.17) is 20.6 Å². The van der Waals surface area contributed by atoms with Gasteiger partial charge in [0, 0.05) is 6.54 Å². The number of nitrogens with zero attached hydrogens (tertiary/aromatic N) is 2. The second kappa shape index (κ2) is 10.4. The van der Waals surface area contributed by atoms with Crippen LogP contribution in [-0.2, 0) is 25.3 Å². The van der Waals surface area contributed by atoms with Gasteiger partial charge in [-0.2, -0.15) is 0 Å². The molecule has 7 rings (SSSR count). The Morgan fingerprint density at radius 3 is 2.62 bits per heavy atom. The molecular formula is C33H44BN3O5. The Bertz CT molecular complexity index is 1300. The third kappa shape index (κ3) is 5.26. The molecule has 0 spiro atoms. The number of alkyl carbamates (subject to hydrolysis) is 1. The Labute approximate surface area is 250 Å². The molecule has 2 amide bonds. The van der Waals surface area contributed by atoms with E-state index in [9.17, 15) is 9.59 Å². The van der Waals surface area contributed by atoms with Crippen LogP contribution in [0.2, 0.25) is 0 Å². The smallest absolute Gasteiger partial charge is 0.447 e. The van der Waals surface area contributed by atoms with Gasteiger partial charge in [-0.25, -0.2) is 9.64 Å². The maximum atomic E-state index is 13.3. The predicted octanol–water partition coefficient (Wildman–Crippen LogP) is 5.29. The number of hydrogen-bond acceptors (Lipinski definition) is 5. The van der Waals surface area contributed by atoms with Gasteiger partial charge >= 0.3 is 13.2 Å². The lowest BCUT2D eigenvalue weighted by molar-refractivity contribution is -0.199. The molecule has 4 aliphatic carbocycles. The number of carbonyl (C=O) groups is 2. The van der Waals surface area contributed by atoms with Crippen molar-refractivity contribution in [2.45, 2.75) is 90.9 Å². The van der Waals surface area contributed by atoms with Crippen LogP contribution in [0.4, 0.5) is 4.79 Å². The number of rotatable bonds is 7. The molecule has 9 heteroatoms. The van der Waals surface area contributed by atoms with Crippen molar-refractivity contribution in [3.05, 3.63) is 59.1 Å². The monoisotopic (exact) mass is 573 g/mol. The number of nitrogens with one attached hydrogen (secondary N) is 1. The maximum absolute atomic E-state index is 13.3. The summed E-state index contributed by atoms with van der Waals surface area (Å²) in [5.74, 6) is 1.08. The van der Waals surface area contributed by atoms with Crippen molar-refractivity contribution in [3.63, 3.8) is 0 Å². The zero-order chi connectivity index (χ0) is 30.0. The van der Waals surface area contributed by atoms with E-state index >= 15 is 0 Å². The molecule has 2 saturated heterocycles. The van der Waals surface area contributed by atoms with Gasteiger partial charge in [0.25, 0.3) is 5.91 Å². The van der Waals surface area contributed by atoms with Gasteiger partial charge < -0.3 is 24.3 Å². The summed E-state index contributed by atoms with van der Waals surface area (Å²) in [7, 11) is -0.580. The molecule has 224 valence electrons. The molecule has 8 nitrogen and oxygen atoms in total. The lowest BCUT2D eigenvalue weighted by atomic mass is 9.43. The van der Waals surface area contributed by atoms with E-state index in [2.05, 4.69) is 30.9 Å². The highest BCUT2D eigenvalue weighted by Gasteiger charge is 2.68. The van der Waals surface area contributed by atoms with Crippen LogP contribution in [0, 0.1) is 41.1 Å². The van der Waals surface area contributed by atoms with Crippen molar-refractivity contribution in [1.29, 1.82) is 0 Å². The molecule has 42 heavy (non-hydrogen) atoms. The largest absolute Gasteiger partial charge is 0.482 e. The molecule has 1 N–H and O–H groups in total. The van der Waals surface area contributed by atoms with E-state index in [1.807, 2.05) is 51.1 Å². The SMILES string of the molecule is [C-]#[N+]C(=CC(C)(C)C)C(=O)N1C[C@H]2C[C@H]2[C@@H]1COC(=O)N[C@@H](Cc1ccccc1)B1O[C@@H]2C[C@@H]3C[C@@H](C3(C)C)[C@]2(C)O1. The van der Waals surface area contributed by atoms with Crippen LogP contribution in [0.1, 0.15) is 66.4 Å². The van der Waals surface area contributed by atoms with Crippen LogP contribution in [0.3, 0.4) is 0 Å². The van der Waals surface area contributed by atoms with E-state index < -0.39 is 19.2 Å². The van der Waals surface area contributed by atoms with E-state index in [-0.39, 0.29) is 46.8 Å². The summed E-state index contributed by atoms with van der Waals surface area (Å²) in [6.45, 7) is 21.1. The van der Waals surface area contributed by atoms with Gasteiger partial charge in [-0.15, -0.1) is 0 Å². The van der Waals surface area contributed by atoms with Crippen LogP contribution in [0.15, 0.2) is 42.1 Å². The number of amides is 2. The zero-order valence-electron chi connectivity index (χ0n) is 25.8. The molecular weight excluding hydrogens is 529 g/mol. The van der Waals surface area contributed by atoms with Gasteiger partial charge in [0.15, 0.2) is 0 Å². The summed E-state index contributed by atoms with van der Waals surface area (Å²) in [5, 5.41) is 3.07. The molecule has 2 heterocycles. The van der Waals surface area contributed by atoms with Crippen LogP contribution in [0.25, 0.3) is 4.85 Å². The zero-order valence-corrected chi connectivity index (χ0v) is 25.8. The molecule has 4 saturated carbocycles. The fourth-order valence-electron chi connectivity index (χ4n) is 8.23. The Kier molecular flexibility index (Phi) is 7.25. The Morgan fingerprint density at radius 2 is 1.95 bits per heavy atom. The van der Waals surface area contributed by atoms with Crippen molar-refractivity contribution in [1.82, 2.24) is 10.2 Å². The lowest BCUT2D eigenvalue weighted by Crippen LogP contribution is -2.65. The fourth-order valence-corrected chi connectivity index (χ4v) is 8.23. The lowest BCUT2D eigenvalue weighted by Gasteiger charge is -2.64. The first kappa shape index (κ1) is 29.3. The first-order valence-corrected chi connectivity index (χ1v) is 15.5. The van der Waals surface area contributed by atoms with E-state index in [0.29, 0.717) is 36.6 Å². The Hall–Kier alpha value is -2.83. The summed E-state index contributed by atoms with van der Waals surface area (Å²) in [4.78, 5) is 31.9. The number of benzene rings is 1. The van der Waals surface area contributed by atoms with E-state index in [0.717, 1.165) is 24.8 Å². The summed E-state index contributed by atoms with van der Waals surface area (Å²) in [6.07, 6.45) is 4.91. The highest BCUT2D eigenvalue weighted by Crippen LogP contribution is 2.65. The number of likely N-dealkylation sites (tertiary alicyclic amines) is 1. The molecule has 2 bridgehead atoms. The molecule has 2 aliphatic heterocycles. The van der Waals surface area contributed by atoms with Crippen molar-refractivity contribution >= 4 is 19.1 Å². The number of hydrogen-bond donors (Lipinski definition) is 1. The first-order chi connectivity index (χ1) is 19.8. The van der Waals surface area contributed by atoms with Gasteiger partial charge in [0.05, 0.1) is 30.3 Å². The molecule has 1 aromatic rings. The van der Waals surface area contributed by atoms with Gasteiger partial charge in [-0.1, -0.05) is 71.0 Å². The fraction of sp³-hybridized carbons (Fsp3) is 0.667. The highest BCUT2D eigenvalue weighted by molar-refractivity contribution is 6.47. The molecule has 1 aromatic carbocycles. The molecule has 0 radical (unpaired) electrons. The molecule has 0 aromatic heterocycles. The summed E-state index contributed by atoms with van der Waals surface area (Å²) in [5.41, 5.74) is 0.771. The second-order valence-electron chi connectivity index (χ2n) is 15.1. The number of fused-ring (bicyclic) bond motifs is 1. The average molecular weight is 574 g/mol. The van der Waals surface area contributed by atoms with Crippen molar-refractivity contribution in [2.24, 2.45) is 34.5 Å². The van der Waals surface area contributed by atoms with Crippen molar-refractivity contribution in [3.8, 4) is 0 Å². The van der Waals surface area contributed by atoms with Gasteiger partial charge in [0.2, 0.25) is 5.70 Å². The Balaban J connectivity index is 1.13. The first-order valence-electron chi connectivity index (χ1n) is 15.5. The predicted molar refractivity (Wildman–Crippen MR) is 160 cm³/mol. The summed E-state index contributed by atoms with van der Waals surface area (Å²) in [6, 6.07) is 9.81. The minimum absolute atomic E-state index is 0.0121. The summed E-state index contributed by atoms with van der Waals surface area (Å²) < 4.78 is 19.1. The van der Waals surface area contributed by atoms with Crippen molar-refractivity contribution < 1.29 is 23.6 Å². The third-order valence-corrected chi connectivity index (χ3v) is 10.8. The van der Waals surface area contributed by atoms with Crippen molar-refractivity contribution in [2.75, 3.05) is 13.2 Å².